The molecular weight excluding hydrogens is 326 g/mol. The molecule has 2 aromatic carbocycles. The highest BCUT2D eigenvalue weighted by Crippen LogP contribution is 2.31. The van der Waals surface area contributed by atoms with Gasteiger partial charge in [0.15, 0.2) is 0 Å². The number of hydrogen-bond acceptors (Lipinski definition) is 3. The molecule has 2 fully saturated rings. The molecule has 4 rings (SSSR count). The van der Waals surface area contributed by atoms with Crippen LogP contribution < -0.4 is 15.5 Å². The predicted molar refractivity (Wildman–Crippen MR) is 103 cm³/mol. The first-order valence-corrected chi connectivity index (χ1v) is 9.49. The van der Waals surface area contributed by atoms with Gasteiger partial charge in [-0.3, -0.25) is 9.59 Å². The van der Waals surface area contributed by atoms with Gasteiger partial charge < -0.3 is 15.5 Å². The summed E-state index contributed by atoms with van der Waals surface area (Å²) < 4.78 is 0. The molecule has 136 valence electrons. The third kappa shape index (κ3) is 3.44. The fraction of sp³-hybridized carbons (Fsp3) is 0.429. The lowest BCUT2D eigenvalue weighted by atomic mass is 9.99. The summed E-state index contributed by atoms with van der Waals surface area (Å²) in [6, 6.07) is 14.0. The third-order valence-corrected chi connectivity index (χ3v) is 5.52. The molecule has 2 heterocycles. The molecule has 2 aromatic rings. The Labute approximate surface area is 153 Å². The molecule has 0 aliphatic carbocycles. The van der Waals surface area contributed by atoms with E-state index in [1.807, 2.05) is 42.5 Å². The summed E-state index contributed by atoms with van der Waals surface area (Å²) in [7, 11) is 0. The average molecular weight is 351 g/mol. The first-order chi connectivity index (χ1) is 12.7. The smallest absolute Gasteiger partial charge is 0.227 e. The van der Waals surface area contributed by atoms with Crippen LogP contribution in [0.25, 0.3) is 10.8 Å². The summed E-state index contributed by atoms with van der Waals surface area (Å²) in [4.78, 5) is 26.9. The second-order valence-electron chi connectivity index (χ2n) is 7.36. The van der Waals surface area contributed by atoms with Crippen LogP contribution in [0.1, 0.15) is 19.3 Å². The number of carbonyl (C=O) groups excluding carboxylic acids is 2. The number of nitrogens with one attached hydrogen (secondary N) is 2. The number of rotatable bonds is 4. The van der Waals surface area contributed by atoms with Crippen molar-refractivity contribution < 1.29 is 9.59 Å². The Morgan fingerprint density at radius 3 is 2.88 bits per heavy atom. The third-order valence-electron chi connectivity index (χ3n) is 5.52. The Morgan fingerprint density at radius 1 is 1.19 bits per heavy atom. The average Bonchev–Trinajstić information content (AvgIpc) is 3.08. The summed E-state index contributed by atoms with van der Waals surface area (Å²) in [6.07, 6.45) is 2.61. The van der Waals surface area contributed by atoms with Crippen LogP contribution in [0.4, 0.5) is 5.69 Å². The molecule has 0 bridgehead atoms. The topological polar surface area (TPSA) is 61.4 Å². The summed E-state index contributed by atoms with van der Waals surface area (Å²) in [5, 5.41) is 8.59. The molecule has 26 heavy (non-hydrogen) atoms. The van der Waals surface area contributed by atoms with E-state index in [0.717, 1.165) is 42.4 Å². The van der Waals surface area contributed by atoms with E-state index >= 15 is 0 Å². The molecule has 2 aliphatic heterocycles. The van der Waals surface area contributed by atoms with Gasteiger partial charge in [0, 0.05) is 24.9 Å². The molecule has 2 aliphatic rings. The maximum absolute atomic E-state index is 12.6. The van der Waals surface area contributed by atoms with Crippen molar-refractivity contribution in [2.75, 3.05) is 31.1 Å². The monoisotopic (exact) mass is 351 g/mol. The number of carbonyl (C=O) groups is 2. The Balaban J connectivity index is 1.44. The number of anilines is 1. The van der Waals surface area contributed by atoms with Gasteiger partial charge in [-0.05, 0) is 43.3 Å². The number of hydrogen-bond donors (Lipinski definition) is 2. The lowest BCUT2D eigenvalue weighted by Crippen LogP contribution is -2.40. The molecule has 0 saturated carbocycles. The molecule has 2 saturated heterocycles. The number of fused-ring (bicyclic) bond motifs is 1. The Kier molecular flexibility index (Phi) is 4.89. The Bertz CT molecular complexity index is 809. The summed E-state index contributed by atoms with van der Waals surface area (Å²) in [6.45, 7) is 3.19. The fourth-order valence-electron chi connectivity index (χ4n) is 4.05. The van der Waals surface area contributed by atoms with E-state index in [0.29, 0.717) is 19.0 Å². The molecule has 0 aromatic heterocycles. The molecule has 5 nitrogen and oxygen atoms in total. The fourth-order valence-corrected chi connectivity index (χ4v) is 4.05. The summed E-state index contributed by atoms with van der Waals surface area (Å²) >= 11 is 0. The zero-order valence-corrected chi connectivity index (χ0v) is 14.9. The van der Waals surface area contributed by atoms with Crippen molar-refractivity contribution in [2.45, 2.75) is 19.3 Å². The zero-order valence-electron chi connectivity index (χ0n) is 14.9. The lowest BCUT2D eigenvalue weighted by Gasteiger charge is -2.23. The SMILES string of the molecule is O=C(NCC1CCCNC1)C1CC(=O)N(c2cccc3ccccc23)C1. The van der Waals surface area contributed by atoms with Crippen LogP contribution in [0.2, 0.25) is 0 Å². The van der Waals surface area contributed by atoms with Crippen molar-refractivity contribution in [3.05, 3.63) is 42.5 Å². The van der Waals surface area contributed by atoms with Crippen LogP contribution in [0.3, 0.4) is 0 Å². The molecular formula is C21H25N3O2. The molecule has 0 radical (unpaired) electrons. The molecule has 2 amide bonds. The van der Waals surface area contributed by atoms with Crippen LogP contribution in [0, 0.1) is 11.8 Å². The van der Waals surface area contributed by atoms with Gasteiger partial charge in [-0.1, -0.05) is 36.4 Å². The van der Waals surface area contributed by atoms with Gasteiger partial charge in [0.1, 0.15) is 0 Å². The number of benzene rings is 2. The normalized spacial score (nSPS) is 23.4. The van der Waals surface area contributed by atoms with E-state index in [2.05, 4.69) is 10.6 Å². The highest BCUT2D eigenvalue weighted by molar-refractivity contribution is 6.06. The second-order valence-corrected chi connectivity index (χ2v) is 7.36. The summed E-state index contributed by atoms with van der Waals surface area (Å²) in [5.41, 5.74) is 0.903. The maximum atomic E-state index is 12.6. The van der Waals surface area contributed by atoms with Gasteiger partial charge in [-0.2, -0.15) is 0 Å². The van der Waals surface area contributed by atoms with E-state index in [9.17, 15) is 9.59 Å². The van der Waals surface area contributed by atoms with Gasteiger partial charge >= 0.3 is 0 Å². The number of amides is 2. The van der Waals surface area contributed by atoms with Crippen molar-refractivity contribution in [1.82, 2.24) is 10.6 Å². The molecule has 2 N–H and O–H groups in total. The van der Waals surface area contributed by atoms with Gasteiger partial charge in [-0.25, -0.2) is 0 Å². The van der Waals surface area contributed by atoms with E-state index < -0.39 is 0 Å². The second kappa shape index (κ2) is 7.46. The van der Waals surface area contributed by atoms with E-state index in [1.165, 1.54) is 0 Å². The quantitative estimate of drug-likeness (QED) is 0.889. The number of nitrogens with zero attached hydrogens (tertiary/aromatic N) is 1. The van der Waals surface area contributed by atoms with Crippen LogP contribution in [-0.2, 0) is 9.59 Å². The van der Waals surface area contributed by atoms with Crippen molar-refractivity contribution in [3.63, 3.8) is 0 Å². The maximum Gasteiger partial charge on any atom is 0.227 e. The van der Waals surface area contributed by atoms with Crippen LogP contribution >= 0.6 is 0 Å². The Morgan fingerprint density at radius 2 is 2.04 bits per heavy atom. The van der Waals surface area contributed by atoms with Crippen LogP contribution in [0.15, 0.2) is 42.5 Å². The summed E-state index contributed by atoms with van der Waals surface area (Å²) in [5.74, 6) is 0.268. The van der Waals surface area contributed by atoms with Crippen LogP contribution in [-0.4, -0.2) is 38.0 Å². The molecule has 2 unspecified atom stereocenters. The largest absolute Gasteiger partial charge is 0.355 e. The van der Waals surface area contributed by atoms with Gasteiger partial charge in [0.2, 0.25) is 11.8 Å². The van der Waals surface area contributed by atoms with Gasteiger partial charge in [0.05, 0.1) is 11.6 Å². The highest BCUT2D eigenvalue weighted by Gasteiger charge is 2.35. The first kappa shape index (κ1) is 17.0. The van der Waals surface area contributed by atoms with E-state index in [1.54, 1.807) is 4.90 Å². The van der Waals surface area contributed by atoms with Crippen molar-refractivity contribution in [3.8, 4) is 0 Å². The predicted octanol–water partition coefficient (Wildman–Crippen LogP) is 2.31. The van der Waals surface area contributed by atoms with Crippen LogP contribution in [0.5, 0.6) is 0 Å². The van der Waals surface area contributed by atoms with E-state index in [-0.39, 0.29) is 24.2 Å². The molecule has 0 spiro atoms. The lowest BCUT2D eigenvalue weighted by molar-refractivity contribution is -0.126. The number of piperidine rings is 1. The minimum absolute atomic E-state index is 0.00617. The van der Waals surface area contributed by atoms with Crippen molar-refractivity contribution in [2.24, 2.45) is 11.8 Å². The zero-order chi connectivity index (χ0) is 17.9. The molecule has 2 atom stereocenters. The van der Waals surface area contributed by atoms with Gasteiger partial charge in [0.25, 0.3) is 0 Å². The molecule has 5 heteroatoms. The standard InChI is InChI=1S/C21H25N3O2/c25-20-11-17(21(26)23-13-15-5-4-10-22-12-15)14-24(20)19-9-3-7-16-6-1-2-8-18(16)19/h1-3,6-9,15,17,22H,4-5,10-14H2,(H,23,26). The minimum atomic E-state index is -0.266. The highest BCUT2D eigenvalue weighted by atomic mass is 16.2. The Hall–Kier alpha value is -2.40. The first-order valence-electron chi connectivity index (χ1n) is 9.49. The van der Waals surface area contributed by atoms with Gasteiger partial charge in [-0.15, -0.1) is 0 Å². The van der Waals surface area contributed by atoms with E-state index in [4.69, 9.17) is 0 Å². The van der Waals surface area contributed by atoms with Crippen molar-refractivity contribution >= 4 is 28.3 Å². The van der Waals surface area contributed by atoms with Crippen molar-refractivity contribution in [1.29, 1.82) is 0 Å². The minimum Gasteiger partial charge on any atom is -0.355 e.